The van der Waals surface area contributed by atoms with Gasteiger partial charge in [-0.05, 0) is 40.2 Å². The van der Waals surface area contributed by atoms with Crippen molar-refractivity contribution >= 4 is 15.9 Å². The number of hydrogen-bond donors (Lipinski definition) is 0. The van der Waals surface area contributed by atoms with Gasteiger partial charge >= 0.3 is 0 Å². The second-order valence-corrected chi connectivity index (χ2v) is 6.37. The van der Waals surface area contributed by atoms with E-state index in [0.717, 1.165) is 42.0 Å². The van der Waals surface area contributed by atoms with Crippen LogP contribution in [0.3, 0.4) is 0 Å². The largest absolute Gasteiger partial charge is 0.461 e. The fraction of sp³-hybridized carbons (Fsp3) is 0.235. The van der Waals surface area contributed by atoms with Crippen LogP contribution in [0.2, 0.25) is 0 Å². The van der Waals surface area contributed by atoms with E-state index in [1.807, 2.05) is 30.5 Å². The summed E-state index contributed by atoms with van der Waals surface area (Å²) in [5.41, 5.74) is 3.36. The summed E-state index contributed by atoms with van der Waals surface area (Å²) in [7, 11) is 0. The predicted octanol–water partition coefficient (Wildman–Crippen LogP) is 3.45. The van der Waals surface area contributed by atoms with Gasteiger partial charge in [-0.3, -0.25) is 4.90 Å². The molecule has 5 nitrogen and oxygen atoms in total. The minimum atomic E-state index is 0.663. The summed E-state index contributed by atoms with van der Waals surface area (Å²) in [4.78, 5) is 16.0. The van der Waals surface area contributed by atoms with Gasteiger partial charge in [0.15, 0.2) is 11.6 Å². The van der Waals surface area contributed by atoms with Crippen LogP contribution in [0.15, 0.2) is 51.8 Å². The van der Waals surface area contributed by atoms with Gasteiger partial charge in [0.2, 0.25) is 0 Å². The van der Waals surface area contributed by atoms with Crippen molar-refractivity contribution < 1.29 is 4.42 Å². The highest BCUT2D eigenvalue weighted by Crippen LogP contribution is 2.22. The van der Waals surface area contributed by atoms with Crippen LogP contribution in [-0.2, 0) is 19.5 Å². The van der Waals surface area contributed by atoms with Gasteiger partial charge < -0.3 is 4.42 Å². The maximum absolute atomic E-state index is 5.37. The number of nitrogens with zero attached hydrogens (tertiary/aromatic N) is 4. The first-order valence-electron chi connectivity index (χ1n) is 7.50. The summed E-state index contributed by atoms with van der Waals surface area (Å²) in [6.07, 6.45) is 4.48. The quantitative estimate of drug-likeness (QED) is 0.660. The molecule has 0 spiro atoms. The molecule has 0 aromatic carbocycles. The zero-order valence-corrected chi connectivity index (χ0v) is 14.0. The van der Waals surface area contributed by atoms with E-state index in [1.54, 1.807) is 6.26 Å². The monoisotopic (exact) mass is 370 g/mol. The fourth-order valence-corrected chi connectivity index (χ4v) is 3.18. The zero-order chi connectivity index (χ0) is 15.6. The molecule has 116 valence electrons. The topological polar surface area (TPSA) is 55.1 Å². The molecule has 3 aromatic heterocycles. The standard InChI is InChI=1S/C17H15BrN4O/c18-16-5-1-3-13(20-16)11-22-7-6-14-12(10-22)9-19-17(21-14)15-4-2-8-23-15/h1-5,8-9H,6-7,10-11H2. The highest BCUT2D eigenvalue weighted by molar-refractivity contribution is 9.10. The first kappa shape index (κ1) is 14.5. The number of furan rings is 1. The molecule has 0 saturated carbocycles. The van der Waals surface area contributed by atoms with Crippen LogP contribution in [0.4, 0.5) is 0 Å². The van der Waals surface area contributed by atoms with E-state index in [0.29, 0.717) is 11.6 Å². The Hall–Kier alpha value is -2.05. The molecule has 23 heavy (non-hydrogen) atoms. The second kappa shape index (κ2) is 6.22. The Morgan fingerprint density at radius 2 is 2.13 bits per heavy atom. The van der Waals surface area contributed by atoms with Crippen LogP contribution < -0.4 is 0 Å². The maximum Gasteiger partial charge on any atom is 0.195 e. The summed E-state index contributed by atoms with van der Waals surface area (Å²) in [5, 5.41) is 0. The molecule has 0 aliphatic carbocycles. The Labute approximate surface area is 142 Å². The summed E-state index contributed by atoms with van der Waals surface area (Å²) in [6.45, 7) is 2.65. The summed E-state index contributed by atoms with van der Waals surface area (Å²) in [6, 6.07) is 9.75. The molecule has 0 N–H and O–H groups in total. The molecule has 0 fully saturated rings. The molecule has 4 rings (SSSR count). The number of rotatable bonds is 3. The molecule has 0 radical (unpaired) electrons. The van der Waals surface area contributed by atoms with E-state index >= 15 is 0 Å². The smallest absolute Gasteiger partial charge is 0.195 e. The molecule has 0 saturated heterocycles. The predicted molar refractivity (Wildman–Crippen MR) is 89.5 cm³/mol. The van der Waals surface area contributed by atoms with Crippen molar-refractivity contribution in [3.05, 3.63) is 64.3 Å². The minimum absolute atomic E-state index is 0.663. The van der Waals surface area contributed by atoms with Crippen LogP contribution in [0, 0.1) is 0 Å². The van der Waals surface area contributed by atoms with E-state index in [1.165, 1.54) is 5.56 Å². The zero-order valence-electron chi connectivity index (χ0n) is 12.4. The normalized spacial score (nSPS) is 14.7. The van der Waals surface area contributed by atoms with Crippen LogP contribution in [0.5, 0.6) is 0 Å². The Bertz CT molecular complexity index is 819. The number of pyridine rings is 1. The van der Waals surface area contributed by atoms with Gasteiger partial charge in [0.25, 0.3) is 0 Å². The van der Waals surface area contributed by atoms with E-state index in [4.69, 9.17) is 4.42 Å². The molecule has 0 unspecified atom stereocenters. The average molecular weight is 371 g/mol. The van der Waals surface area contributed by atoms with Crippen molar-refractivity contribution in [2.75, 3.05) is 6.54 Å². The first-order valence-corrected chi connectivity index (χ1v) is 8.30. The molecule has 1 aliphatic heterocycles. The lowest BCUT2D eigenvalue weighted by Crippen LogP contribution is -2.31. The van der Waals surface area contributed by atoms with Crippen molar-refractivity contribution in [2.24, 2.45) is 0 Å². The molecule has 1 aliphatic rings. The number of fused-ring (bicyclic) bond motifs is 1. The van der Waals surface area contributed by atoms with Gasteiger partial charge in [-0.15, -0.1) is 0 Å². The Morgan fingerprint density at radius 3 is 2.96 bits per heavy atom. The van der Waals surface area contributed by atoms with Crippen LogP contribution in [-0.4, -0.2) is 26.4 Å². The lowest BCUT2D eigenvalue weighted by atomic mass is 10.1. The highest BCUT2D eigenvalue weighted by atomic mass is 79.9. The van der Waals surface area contributed by atoms with Crippen LogP contribution in [0.1, 0.15) is 17.0 Å². The van der Waals surface area contributed by atoms with Gasteiger partial charge in [-0.2, -0.15) is 0 Å². The van der Waals surface area contributed by atoms with Gasteiger partial charge in [-0.25, -0.2) is 15.0 Å². The van der Waals surface area contributed by atoms with Gasteiger partial charge in [-0.1, -0.05) is 6.07 Å². The summed E-state index contributed by atoms with van der Waals surface area (Å²) < 4.78 is 6.25. The lowest BCUT2D eigenvalue weighted by Gasteiger charge is -2.27. The highest BCUT2D eigenvalue weighted by Gasteiger charge is 2.19. The van der Waals surface area contributed by atoms with Crippen molar-refractivity contribution in [2.45, 2.75) is 19.5 Å². The number of hydrogen-bond acceptors (Lipinski definition) is 5. The van der Waals surface area contributed by atoms with Crippen LogP contribution >= 0.6 is 15.9 Å². The Balaban J connectivity index is 1.51. The van der Waals surface area contributed by atoms with Crippen molar-refractivity contribution in [3.8, 4) is 11.6 Å². The Morgan fingerprint density at radius 1 is 1.17 bits per heavy atom. The molecule has 0 atom stereocenters. The summed E-state index contributed by atoms with van der Waals surface area (Å²) >= 11 is 3.42. The van der Waals surface area contributed by atoms with Crippen molar-refractivity contribution in [1.29, 1.82) is 0 Å². The van der Waals surface area contributed by atoms with Crippen LogP contribution in [0.25, 0.3) is 11.6 Å². The number of halogens is 1. The Kier molecular flexibility index (Phi) is 3.93. The van der Waals surface area contributed by atoms with Gasteiger partial charge in [0, 0.05) is 37.8 Å². The average Bonchev–Trinajstić information content (AvgIpc) is 3.09. The second-order valence-electron chi connectivity index (χ2n) is 5.56. The summed E-state index contributed by atoms with van der Waals surface area (Å²) in [5.74, 6) is 1.38. The van der Waals surface area contributed by atoms with E-state index < -0.39 is 0 Å². The minimum Gasteiger partial charge on any atom is -0.461 e. The third-order valence-corrected chi connectivity index (χ3v) is 4.35. The first-order chi connectivity index (χ1) is 11.3. The van der Waals surface area contributed by atoms with Gasteiger partial charge in [0.05, 0.1) is 17.7 Å². The van der Waals surface area contributed by atoms with E-state index in [2.05, 4.69) is 41.8 Å². The van der Waals surface area contributed by atoms with Gasteiger partial charge in [0.1, 0.15) is 4.60 Å². The fourth-order valence-electron chi connectivity index (χ4n) is 2.80. The van der Waals surface area contributed by atoms with E-state index in [9.17, 15) is 0 Å². The number of aromatic nitrogens is 3. The van der Waals surface area contributed by atoms with Crippen molar-refractivity contribution in [1.82, 2.24) is 19.9 Å². The third kappa shape index (κ3) is 3.18. The molecule has 4 heterocycles. The SMILES string of the molecule is Brc1cccc(CN2CCc3nc(-c4ccco4)ncc3C2)n1. The van der Waals surface area contributed by atoms with E-state index in [-0.39, 0.29) is 0 Å². The third-order valence-electron chi connectivity index (χ3n) is 3.91. The maximum atomic E-state index is 5.37. The molecular formula is C17H15BrN4O. The molecule has 3 aromatic rings. The lowest BCUT2D eigenvalue weighted by molar-refractivity contribution is 0.240. The molecular weight excluding hydrogens is 356 g/mol. The molecule has 0 amide bonds. The molecule has 6 heteroatoms. The van der Waals surface area contributed by atoms with Crippen molar-refractivity contribution in [3.63, 3.8) is 0 Å². The molecule has 0 bridgehead atoms.